The summed E-state index contributed by atoms with van der Waals surface area (Å²) in [6.07, 6.45) is 2.38. The Kier molecular flexibility index (Phi) is 6.13. The molecule has 0 spiro atoms. The van der Waals surface area contributed by atoms with Crippen LogP contribution in [0.5, 0.6) is 11.5 Å². The molecule has 1 fully saturated rings. The van der Waals surface area contributed by atoms with Gasteiger partial charge in [-0.1, -0.05) is 39.0 Å². The zero-order chi connectivity index (χ0) is 19.3. The lowest BCUT2D eigenvalue weighted by atomic mass is 10.3. The fourth-order valence-corrected chi connectivity index (χ4v) is 4.19. The van der Waals surface area contributed by atoms with Gasteiger partial charge in [-0.25, -0.2) is 0 Å². The molecule has 28 heavy (non-hydrogen) atoms. The van der Waals surface area contributed by atoms with Gasteiger partial charge in [-0.3, -0.25) is 4.79 Å². The summed E-state index contributed by atoms with van der Waals surface area (Å²) >= 11 is 6.27. The minimum absolute atomic E-state index is 0.0847. The topological polar surface area (TPSA) is 76.1 Å². The van der Waals surface area contributed by atoms with Crippen LogP contribution in [0.1, 0.15) is 12.8 Å². The number of amides is 1. The summed E-state index contributed by atoms with van der Waals surface area (Å²) in [5.41, 5.74) is 0.724. The van der Waals surface area contributed by atoms with Crippen molar-refractivity contribution in [1.29, 1.82) is 0 Å². The number of carbonyl (C=O) groups excluding carboxylic acids is 1. The van der Waals surface area contributed by atoms with Crippen molar-refractivity contribution in [2.24, 2.45) is 0 Å². The highest BCUT2D eigenvalue weighted by Crippen LogP contribution is 2.30. The smallest absolute Gasteiger partial charge is 0.234 e. The normalized spacial score (nSPS) is 13.2. The van der Waals surface area contributed by atoms with Crippen molar-refractivity contribution in [3.8, 4) is 11.5 Å². The average Bonchev–Trinajstić information content (AvgIpc) is 3.39. The average molecular weight is 477 g/mol. The molecule has 6 nitrogen and oxygen atoms in total. The zero-order valence-corrected chi connectivity index (χ0v) is 17.9. The molecule has 0 bridgehead atoms. The van der Waals surface area contributed by atoms with E-state index < -0.39 is 0 Å². The number of hydrogen-bond acceptors (Lipinski definition) is 7. The molecule has 2 N–H and O–H groups in total. The second-order valence-corrected chi connectivity index (χ2v) is 9.32. The molecule has 1 aromatic heterocycles. The Morgan fingerprint density at radius 3 is 2.46 bits per heavy atom. The van der Waals surface area contributed by atoms with Crippen LogP contribution in [-0.4, -0.2) is 27.9 Å². The molecule has 0 saturated heterocycles. The van der Waals surface area contributed by atoms with E-state index in [-0.39, 0.29) is 11.7 Å². The second-order valence-electron chi connectivity index (χ2n) is 6.21. The summed E-state index contributed by atoms with van der Waals surface area (Å²) in [5.74, 6) is 1.66. The van der Waals surface area contributed by atoms with Crippen LogP contribution in [0.4, 0.5) is 10.8 Å². The van der Waals surface area contributed by atoms with Crippen molar-refractivity contribution in [2.75, 3.05) is 16.4 Å². The Bertz CT molecular complexity index is 943. The van der Waals surface area contributed by atoms with Crippen LogP contribution in [-0.2, 0) is 4.79 Å². The summed E-state index contributed by atoms with van der Waals surface area (Å²) in [7, 11) is 0. The molecule has 1 aliphatic rings. The molecule has 3 aromatic rings. The van der Waals surface area contributed by atoms with E-state index >= 15 is 0 Å². The molecular weight excluding hydrogens is 460 g/mol. The maximum Gasteiger partial charge on any atom is 0.234 e. The zero-order valence-electron chi connectivity index (χ0n) is 14.7. The first-order chi connectivity index (χ1) is 13.6. The van der Waals surface area contributed by atoms with E-state index in [1.54, 1.807) is 0 Å². The number of benzene rings is 2. The third-order valence-electron chi connectivity index (χ3n) is 3.83. The van der Waals surface area contributed by atoms with E-state index in [0.717, 1.165) is 25.4 Å². The molecule has 4 rings (SSSR count). The summed E-state index contributed by atoms with van der Waals surface area (Å²) < 4.78 is 7.56. The first-order valence-corrected chi connectivity index (χ1v) is 11.3. The van der Waals surface area contributed by atoms with Gasteiger partial charge < -0.3 is 15.4 Å². The molecule has 0 aliphatic heterocycles. The van der Waals surface area contributed by atoms with E-state index in [9.17, 15) is 4.79 Å². The number of nitrogens with one attached hydrogen (secondary N) is 2. The van der Waals surface area contributed by atoms with Gasteiger partial charge in [-0.15, -0.1) is 10.2 Å². The molecular formula is C19H17BrN4O2S2. The number of hydrogen-bond donors (Lipinski definition) is 2. The van der Waals surface area contributed by atoms with E-state index in [4.69, 9.17) is 4.74 Å². The molecule has 1 saturated carbocycles. The quantitative estimate of drug-likeness (QED) is 0.424. The Morgan fingerprint density at radius 1 is 1.11 bits per heavy atom. The van der Waals surface area contributed by atoms with Crippen LogP contribution in [0.15, 0.2) is 57.3 Å². The SMILES string of the molecule is O=C(CSc1nnc(NC2CC2)s1)Nc1ccc(Oc2ccc(Br)cc2)cc1. The minimum atomic E-state index is -0.0847. The van der Waals surface area contributed by atoms with E-state index in [1.165, 1.54) is 35.9 Å². The van der Waals surface area contributed by atoms with Crippen LogP contribution in [0.2, 0.25) is 0 Å². The van der Waals surface area contributed by atoms with Gasteiger partial charge in [0.25, 0.3) is 0 Å². The molecule has 144 valence electrons. The van der Waals surface area contributed by atoms with Crippen LogP contribution >= 0.6 is 39.0 Å². The highest BCUT2D eigenvalue weighted by Gasteiger charge is 2.22. The van der Waals surface area contributed by atoms with Gasteiger partial charge in [-0.05, 0) is 61.4 Å². The summed E-state index contributed by atoms with van der Waals surface area (Å²) in [6, 6.07) is 15.4. The van der Waals surface area contributed by atoms with Crippen LogP contribution in [0.25, 0.3) is 0 Å². The molecule has 1 aliphatic carbocycles. The van der Waals surface area contributed by atoms with Gasteiger partial charge in [-0.2, -0.15) is 0 Å². The Morgan fingerprint density at radius 2 is 1.79 bits per heavy atom. The van der Waals surface area contributed by atoms with Crippen LogP contribution < -0.4 is 15.4 Å². The molecule has 2 aromatic carbocycles. The third kappa shape index (κ3) is 5.70. The van der Waals surface area contributed by atoms with Crippen molar-refractivity contribution in [3.63, 3.8) is 0 Å². The molecule has 0 atom stereocenters. The van der Waals surface area contributed by atoms with Gasteiger partial charge in [0, 0.05) is 16.2 Å². The predicted octanol–water partition coefficient (Wildman–Crippen LogP) is 5.40. The highest BCUT2D eigenvalue weighted by atomic mass is 79.9. The Balaban J connectivity index is 1.24. The number of anilines is 2. The van der Waals surface area contributed by atoms with Crippen molar-refractivity contribution >= 4 is 55.8 Å². The predicted molar refractivity (Wildman–Crippen MR) is 117 cm³/mol. The van der Waals surface area contributed by atoms with Crippen molar-refractivity contribution < 1.29 is 9.53 Å². The Labute approximate surface area is 179 Å². The Hall–Kier alpha value is -2.10. The number of halogens is 1. The number of thioether (sulfide) groups is 1. The molecule has 1 amide bonds. The maximum absolute atomic E-state index is 12.2. The monoisotopic (exact) mass is 476 g/mol. The summed E-state index contributed by atoms with van der Waals surface area (Å²) in [4.78, 5) is 12.2. The first kappa shape index (κ1) is 19.2. The number of aromatic nitrogens is 2. The second kappa shape index (κ2) is 8.93. The third-order valence-corrected chi connectivity index (χ3v) is 6.34. The number of rotatable bonds is 8. The van der Waals surface area contributed by atoms with Gasteiger partial charge in [0.05, 0.1) is 5.75 Å². The van der Waals surface area contributed by atoms with Crippen molar-refractivity contribution in [3.05, 3.63) is 53.0 Å². The summed E-state index contributed by atoms with van der Waals surface area (Å²) in [5, 5.41) is 15.2. The number of carbonyl (C=O) groups is 1. The lowest BCUT2D eigenvalue weighted by molar-refractivity contribution is -0.113. The van der Waals surface area contributed by atoms with E-state index in [2.05, 4.69) is 36.8 Å². The van der Waals surface area contributed by atoms with Gasteiger partial charge in [0.2, 0.25) is 11.0 Å². The maximum atomic E-state index is 12.2. The van der Waals surface area contributed by atoms with Crippen LogP contribution in [0.3, 0.4) is 0 Å². The van der Waals surface area contributed by atoms with Crippen molar-refractivity contribution in [1.82, 2.24) is 10.2 Å². The van der Waals surface area contributed by atoms with Gasteiger partial charge in [0.1, 0.15) is 11.5 Å². The molecule has 1 heterocycles. The minimum Gasteiger partial charge on any atom is -0.457 e. The largest absolute Gasteiger partial charge is 0.457 e. The number of nitrogens with zero attached hydrogens (tertiary/aromatic N) is 2. The van der Waals surface area contributed by atoms with E-state index in [0.29, 0.717) is 11.8 Å². The van der Waals surface area contributed by atoms with Crippen LogP contribution in [0, 0.1) is 0 Å². The molecule has 9 heteroatoms. The highest BCUT2D eigenvalue weighted by molar-refractivity contribution is 9.10. The lowest BCUT2D eigenvalue weighted by Crippen LogP contribution is -2.13. The molecule has 0 unspecified atom stereocenters. The van der Waals surface area contributed by atoms with Crippen molar-refractivity contribution in [2.45, 2.75) is 23.2 Å². The fourth-order valence-electron chi connectivity index (χ4n) is 2.30. The molecule has 0 radical (unpaired) electrons. The number of ether oxygens (including phenoxy) is 1. The van der Waals surface area contributed by atoms with Gasteiger partial charge >= 0.3 is 0 Å². The standard InChI is InChI=1S/C19H17BrN4O2S2/c20-12-1-7-15(8-2-12)26-16-9-5-13(6-10-16)21-17(25)11-27-19-24-23-18(28-19)22-14-3-4-14/h1-2,5-10,14H,3-4,11H2,(H,21,25)(H,22,23). The summed E-state index contributed by atoms with van der Waals surface area (Å²) in [6.45, 7) is 0. The van der Waals surface area contributed by atoms with E-state index in [1.807, 2.05) is 48.5 Å². The van der Waals surface area contributed by atoms with Gasteiger partial charge in [0.15, 0.2) is 4.34 Å². The fraction of sp³-hybridized carbons (Fsp3) is 0.211. The first-order valence-electron chi connectivity index (χ1n) is 8.70. The lowest BCUT2D eigenvalue weighted by Gasteiger charge is -2.08.